The van der Waals surface area contributed by atoms with Gasteiger partial charge in [-0.3, -0.25) is 0 Å². The monoisotopic (exact) mass is 282 g/mol. The fourth-order valence-electron chi connectivity index (χ4n) is 1.27. The Labute approximate surface area is 107 Å². The molecule has 1 heterocycles. The molecule has 9 heteroatoms. The van der Waals surface area contributed by atoms with E-state index in [-0.39, 0.29) is 11.6 Å². The topological polar surface area (TPSA) is 59.1 Å². The number of methoxy groups -OCH3 is 1. The molecule has 0 aromatic carbocycles. The molecule has 5 nitrogen and oxygen atoms in total. The van der Waals surface area contributed by atoms with Crippen LogP contribution in [0.4, 0.5) is 29.2 Å². The molecule has 108 valence electrons. The van der Waals surface area contributed by atoms with Crippen LogP contribution in [0.3, 0.4) is 0 Å². The van der Waals surface area contributed by atoms with Gasteiger partial charge in [-0.2, -0.15) is 8.78 Å². The molecule has 0 saturated carbocycles. The number of hydrogen-bond acceptors (Lipinski definition) is 5. The first-order valence-electron chi connectivity index (χ1n) is 5.45. The molecule has 0 atom stereocenters. The zero-order valence-corrected chi connectivity index (χ0v) is 10.4. The Hall–Kier alpha value is -1.80. The third kappa shape index (κ3) is 3.83. The van der Waals surface area contributed by atoms with Gasteiger partial charge >= 0.3 is 12.3 Å². The maximum atomic E-state index is 12.8. The predicted molar refractivity (Wildman–Crippen MR) is 62.2 cm³/mol. The van der Waals surface area contributed by atoms with Crippen molar-refractivity contribution in [2.45, 2.75) is 19.3 Å². The minimum atomic E-state index is -4.14. The van der Waals surface area contributed by atoms with E-state index in [4.69, 9.17) is 4.74 Å². The summed E-state index contributed by atoms with van der Waals surface area (Å²) in [5, 5.41) is 4.97. The van der Waals surface area contributed by atoms with Crippen molar-refractivity contribution in [2.75, 3.05) is 30.8 Å². The van der Waals surface area contributed by atoms with E-state index < -0.39 is 18.9 Å². The Morgan fingerprint density at radius 1 is 1.26 bits per heavy atom. The standard InChI is InChI=1S/C10H14F4N4O/c1-3-15-7-6(19-2)8(18-5-17-7)16-4-10(13,14)9(11)12/h5,9H,3-4H2,1-2H3,(H2,15,16,17,18). The Bertz CT molecular complexity index is 417. The second kappa shape index (κ2) is 6.39. The summed E-state index contributed by atoms with van der Waals surface area (Å²) >= 11 is 0. The summed E-state index contributed by atoms with van der Waals surface area (Å²) in [6.45, 7) is 1.09. The molecular formula is C10H14F4N4O. The van der Waals surface area contributed by atoms with Crippen LogP contribution in [0.15, 0.2) is 6.33 Å². The predicted octanol–water partition coefficient (Wildman–Crippen LogP) is 2.23. The molecule has 1 rings (SSSR count). The minimum absolute atomic E-state index is 0.0752. The molecule has 0 bridgehead atoms. The quantitative estimate of drug-likeness (QED) is 0.751. The summed E-state index contributed by atoms with van der Waals surface area (Å²) < 4.78 is 54.6. The van der Waals surface area contributed by atoms with Gasteiger partial charge in [0.05, 0.1) is 13.7 Å². The summed E-state index contributed by atoms with van der Waals surface area (Å²) in [4.78, 5) is 7.55. The van der Waals surface area contributed by atoms with E-state index in [9.17, 15) is 17.6 Å². The smallest absolute Gasteiger partial charge is 0.324 e. The van der Waals surface area contributed by atoms with Crippen molar-refractivity contribution in [1.82, 2.24) is 9.97 Å². The minimum Gasteiger partial charge on any atom is -0.490 e. The van der Waals surface area contributed by atoms with Crippen LogP contribution in [0.2, 0.25) is 0 Å². The van der Waals surface area contributed by atoms with Gasteiger partial charge in [-0.05, 0) is 6.92 Å². The number of nitrogens with zero attached hydrogens (tertiary/aromatic N) is 2. The first kappa shape index (κ1) is 15.3. The number of aromatic nitrogens is 2. The van der Waals surface area contributed by atoms with Crippen LogP contribution < -0.4 is 15.4 Å². The molecule has 0 unspecified atom stereocenters. The van der Waals surface area contributed by atoms with Gasteiger partial charge < -0.3 is 15.4 Å². The zero-order valence-electron chi connectivity index (χ0n) is 10.4. The van der Waals surface area contributed by atoms with E-state index in [0.717, 1.165) is 6.33 Å². The van der Waals surface area contributed by atoms with Crippen LogP contribution in [0.1, 0.15) is 6.92 Å². The number of anilines is 2. The van der Waals surface area contributed by atoms with Gasteiger partial charge in [0.25, 0.3) is 0 Å². The highest BCUT2D eigenvalue weighted by Crippen LogP contribution is 2.30. The van der Waals surface area contributed by atoms with Crippen LogP contribution in [0.5, 0.6) is 5.75 Å². The molecule has 0 radical (unpaired) electrons. The van der Waals surface area contributed by atoms with Crippen LogP contribution >= 0.6 is 0 Å². The number of halogens is 4. The SMILES string of the molecule is CCNc1ncnc(NCC(F)(F)C(F)F)c1OC. The molecule has 2 N–H and O–H groups in total. The molecule has 0 amide bonds. The number of ether oxygens (including phenoxy) is 1. The van der Waals surface area contributed by atoms with E-state index in [0.29, 0.717) is 12.4 Å². The Balaban J connectivity index is 2.86. The van der Waals surface area contributed by atoms with Crippen molar-refractivity contribution in [3.63, 3.8) is 0 Å². The van der Waals surface area contributed by atoms with E-state index in [2.05, 4.69) is 20.6 Å². The lowest BCUT2D eigenvalue weighted by Crippen LogP contribution is -2.35. The number of hydrogen-bond donors (Lipinski definition) is 2. The van der Waals surface area contributed by atoms with E-state index >= 15 is 0 Å². The van der Waals surface area contributed by atoms with Crippen molar-refractivity contribution in [1.29, 1.82) is 0 Å². The second-order valence-electron chi connectivity index (χ2n) is 3.55. The summed E-state index contributed by atoms with van der Waals surface area (Å²) in [7, 11) is 1.30. The Kier molecular flexibility index (Phi) is 5.13. The molecule has 0 spiro atoms. The van der Waals surface area contributed by atoms with Gasteiger partial charge in [0.1, 0.15) is 6.33 Å². The summed E-state index contributed by atoms with van der Waals surface area (Å²) in [5.74, 6) is -3.83. The second-order valence-corrected chi connectivity index (χ2v) is 3.55. The van der Waals surface area contributed by atoms with E-state index in [1.165, 1.54) is 7.11 Å². The zero-order chi connectivity index (χ0) is 14.5. The fourth-order valence-corrected chi connectivity index (χ4v) is 1.27. The van der Waals surface area contributed by atoms with Crippen molar-refractivity contribution >= 4 is 11.6 Å². The maximum Gasteiger partial charge on any atom is 0.324 e. The highest BCUT2D eigenvalue weighted by atomic mass is 19.3. The highest BCUT2D eigenvalue weighted by Gasteiger charge is 2.40. The van der Waals surface area contributed by atoms with E-state index in [1.807, 2.05) is 0 Å². The van der Waals surface area contributed by atoms with Gasteiger partial charge in [-0.1, -0.05) is 0 Å². The first-order chi connectivity index (χ1) is 8.92. The largest absolute Gasteiger partial charge is 0.490 e. The average Bonchev–Trinajstić information content (AvgIpc) is 2.36. The number of nitrogens with one attached hydrogen (secondary N) is 2. The van der Waals surface area contributed by atoms with Crippen molar-refractivity contribution in [3.8, 4) is 5.75 Å². The lowest BCUT2D eigenvalue weighted by Gasteiger charge is -2.18. The summed E-state index contributed by atoms with van der Waals surface area (Å²) in [5.41, 5.74) is 0. The molecular weight excluding hydrogens is 268 g/mol. The molecule has 0 fully saturated rings. The van der Waals surface area contributed by atoms with Crippen LogP contribution in [0, 0.1) is 0 Å². The highest BCUT2D eigenvalue weighted by molar-refractivity contribution is 5.63. The summed E-state index contributed by atoms with van der Waals surface area (Å²) in [6, 6.07) is 0. The Morgan fingerprint density at radius 2 is 1.84 bits per heavy atom. The number of alkyl halides is 4. The van der Waals surface area contributed by atoms with E-state index in [1.54, 1.807) is 6.92 Å². The number of rotatable bonds is 7. The van der Waals surface area contributed by atoms with Crippen LogP contribution in [-0.4, -0.2) is 42.5 Å². The van der Waals surface area contributed by atoms with Gasteiger partial charge in [0, 0.05) is 6.54 Å². The van der Waals surface area contributed by atoms with Crippen LogP contribution in [0.25, 0.3) is 0 Å². The average molecular weight is 282 g/mol. The van der Waals surface area contributed by atoms with Gasteiger partial charge in [-0.15, -0.1) is 0 Å². The van der Waals surface area contributed by atoms with Crippen molar-refractivity contribution in [2.24, 2.45) is 0 Å². The maximum absolute atomic E-state index is 12.8. The molecule has 0 aliphatic heterocycles. The van der Waals surface area contributed by atoms with Crippen molar-refractivity contribution < 1.29 is 22.3 Å². The third-order valence-electron chi connectivity index (χ3n) is 2.16. The fraction of sp³-hybridized carbons (Fsp3) is 0.600. The molecule has 19 heavy (non-hydrogen) atoms. The molecule has 0 aliphatic carbocycles. The van der Waals surface area contributed by atoms with Gasteiger partial charge in [0.15, 0.2) is 11.6 Å². The molecule has 0 aliphatic rings. The van der Waals surface area contributed by atoms with Crippen molar-refractivity contribution in [3.05, 3.63) is 6.33 Å². The van der Waals surface area contributed by atoms with Gasteiger partial charge in [0.2, 0.25) is 5.75 Å². The van der Waals surface area contributed by atoms with Crippen LogP contribution in [-0.2, 0) is 0 Å². The van der Waals surface area contributed by atoms with Gasteiger partial charge in [-0.25, -0.2) is 18.7 Å². The molecule has 0 saturated heterocycles. The lowest BCUT2D eigenvalue weighted by molar-refractivity contribution is -0.117. The normalized spacial score (nSPS) is 11.5. The lowest BCUT2D eigenvalue weighted by atomic mass is 10.3. The third-order valence-corrected chi connectivity index (χ3v) is 2.16. The molecule has 1 aromatic heterocycles. The Morgan fingerprint density at radius 3 is 2.32 bits per heavy atom. The first-order valence-corrected chi connectivity index (χ1v) is 5.45. The summed E-state index contributed by atoms with van der Waals surface area (Å²) in [6.07, 6.45) is -2.63. The molecule has 1 aromatic rings.